The molecule has 1 aliphatic carbocycles. The van der Waals surface area contributed by atoms with Gasteiger partial charge in [-0.15, -0.1) is 0 Å². The standard InChI is InChI=1S/C13H14N2O/c1-16-12-10(13(14)6-7-13)8-9-4-2-3-5-11(9)15-12/h2-5,8H,6-7,14H2,1H3. The first-order chi connectivity index (χ1) is 7.73. The maximum Gasteiger partial charge on any atom is 0.218 e. The van der Waals surface area contributed by atoms with Gasteiger partial charge in [-0.1, -0.05) is 18.2 Å². The van der Waals surface area contributed by atoms with E-state index in [1.807, 2.05) is 18.2 Å². The summed E-state index contributed by atoms with van der Waals surface area (Å²) < 4.78 is 5.33. The molecular weight excluding hydrogens is 200 g/mol. The molecule has 3 heteroatoms. The first-order valence-corrected chi connectivity index (χ1v) is 5.46. The van der Waals surface area contributed by atoms with Crippen molar-refractivity contribution in [1.29, 1.82) is 0 Å². The number of para-hydroxylation sites is 1. The second-order valence-electron chi connectivity index (χ2n) is 4.39. The van der Waals surface area contributed by atoms with Crippen LogP contribution in [-0.2, 0) is 5.54 Å². The number of benzene rings is 1. The molecule has 3 rings (SSSR count). The topological polar surface area (TPSA) is 48.1 Å². The van der Waals surface area contributed by atoms with Gasteiger partial charge < -0.3 is 10.5 Å². The van der Waals surface area contributed by atoms with Crippen molar-refractivity contribution in [3.05, 3.63) is 35.9 Å². The van der Waals surface area contributed by atoms with Gasteiger partial charge in [0.25, 0.3) is 0 Å². The third-order valence-electron chi connectivity index (χ3n) is 3.21. The highest BCUT2D eigenvalue weighted by Gasteiger charge is 2.42. The quantitative estimate of drug-likeness (QED) is 0.833. The molecule has 1 saturated carbocycles. The minimum atomic E-state index is -0.206. The van der Waals surface area contributed by atoms with Gasteiger partial charge >= 0.3 is 0 Å². The van der Waals surface area contributed by atoms with Crippen LogP contribution in [0.4, 0.5) is 0 Å². The Hall–Kier alpha value is -1.61. The number of nitrogens with zero attached hydrogens (tertiary/aromatic N) is 1. The van der Waals surface area contributed by atoms with E-state index in [2.05, 4.69) is 17.1 Å². The van der Waals surface area contributed by atoms with Crippen molar-refractivity contribution in [1.82, 2.24) is 4.98 Å². The molecule has 0 atom stereocenters. The van der Waals surface area contributed by atoms with Crippen LogP contribution in [0.2, 0.25) is 0 Å². The Balaban J connectivity index is 2.26. The molecule has 0 amide bonds. The summed E-state index contributed by atoms with van der Waals surface area (Å²) in [6.07, 6.45) is 2.03. The average Bonchev–Trinajstić information content (AvgIpc) is 3.07. The third kappa shape index (κ3) is 1.36. The number of ether oxygens (including phenoxy) is 1. The van der Waals surface area contributed by atoms with E-state index in [0.29, 0.717) is 5.88 Å². The fourth-order valence-electron chi connectivity index (χ4n) is 2.01. The van der Waals surface area contributed by atoms with Gasteiger partial charge in [0.05, 0.1) is 12.6 Å². The van der Waals surface area contributed by atoms with Gasteiger partial charge in [0, 0.05) is 16.5 Å². The number of nitrogens with two attached hydrogens (primary N) is 1. The SMILES string of the molecule is COc1nc2ccccc2cc1C1(N)CC1. The normalized spacial score (nSPS) is 17.4. The van der Waals surface area contributed by atoms with Crippen LogP contribution < -0.4 is 10.5 Å². The summed E-state index contributed by atoms with van der Waals surface area (Å²) in [5, 5.41) is 1.12. The highest BCUT2D eigenvalue weighted by molar-refractivity contribution is 5.80. The van der Waals surface area contributed by atoms with Crippen molar-refractivity contribution in [3.63, 3.8) is 0 Å². The monoisotopic (exact) mass is 214 g/mol. The molecule has 1 fully saturated rings. The number of rotatable bonds is 2. The zero-order valence-corrected chi connectivity index (χ0v) is 9.23. The smallest absolute Gasteiger partial charge is 0.218 e. The van der Waals surface area contributed by atoms with Gasteiger partial charge in [0.15, 0.2) is 0 Å². The number of pyridine rings is 1. The minimum absolute atomic E-state index is 0.206. The Morgan fingerprint density at radius 1 is 1.31 bits per heavy atom. The first-order valence-electron chi connectivity index (χ1n) is 5.46. The molecule has 16 heavy (non-hydrogen) atoms. The molecule has 1 heterocycles. The summed E-state index contributed by atoms with van der Waals surface area (Å²) in [4.78, 5) is 4.50. The van der Waals surface area contributed by atoms with Crippen LogP contribution in [0.1, 0.15) is 18.4 Å². The van der Waals surface area contributed by atoms with Crippen LogP contribution in [-0.4, -0.2) is 12.1 Å². The highest BCUT2D eigenvalue weighted by atomic mass is 16.5. The zero-order chi connectivity index (χ0) is 11.2. The Morgan fingerprint density at radius 3 is 2.75 bits per heavy atom. The Morgan fingerprint density at radius 2 is 2.06 bits per heavy atom. The molecule has 1 aliphatic rings. The predicted octanol–water partition coefficient (Wildman–Crippen LogP) is 2.19. The van der Waals surface area contributed by atoms with Crippen LogP contribution in [0.15, 0.2) is 30.3 Å². The van der Waals surface area contributed by atoms with Crippen LogP contribution in [0.3, 0.4) is 0 Å². The lowest BCUT2D eigenvalue weighted by Gasteiger charge is -2.14. The van der Waals surface area contributed by atoms with Gasteiger partial charge in [-0.2, -0.15) is 0 Å². The lowest BCUT2D eigenvalue weighted by atomic mass is 10.0. The second kappa shape index (κ2) is 3.19. The van der Waals surface area contributed by atoms with E-state index >= 15 is 0 Å². The van der Waals surface area contributed by atoms with Gasteiger partial charge in [-0.25, -0.2) is 4.98 Å². The number of methoxy groups -OCH3 is 1. The van der Waals surface area contributed by atoms with Crippen molar-refractivity contribution in [2.24, 2.45) is 5.73 Å². The number of aromatic nitrogens is 1. The van der Waals surface area contributed by atoms with Crippen LogP contribution >= 0.6 is 0 Å². The number of hydrogen-bond acceptors (Lipinski definition) is 3. The van der Waals surface area contributed by atoms with Gasteiger partial charge in [0.1, 0.15) is 0 Å². The van der Waals surface area contributed by atoms with E-state index in [1.165, 1.54) is 0 Å². The maximum absolute atomic E-state index is 6.22. The Labute approximate surface area is 94.2 Å². The van der Waals surface area contributed by atoms with Gasteiger partial charge in [-0.05, 0) is 25.0 Å². The third-order valence-corrected chi connectivity index (χ3v) is 3.21. The minimum Gasteiger partial charge on any atom is -0.481 e. The molecule has 2 aromatic rings. The van der Waals surface area contributed by atoms with E-state index in [-0.39, 0.29) is 5.54 Å². The average molecular weight is 214 g/mol. The molecule has 3 nitrogen and oxygen atoms in total. The van der Waals surface area contributed by atoms with Crippen molar-refractivity contribution in [2.45, 2.75) is 18.4 Å². The van der Waals surface area contributed by atoms with E-state index < -0.39 is 0 Å². The summed E-state index contributed by atoms with van der Waals surface area (Å²) in [6.45, 7) is 0. The molecule has 0 saturated heterocycles. The largest absolute Gasteiger partial charge is 0.481 e. The Bertz CT molecular complexity index is 547. The van der Waals surface area contributed by atoms with Crippen LogP contribution in [0.5, 0.6) is 5.88 Å². The summed E-state index contributed by atoms with van der Waals surface area (Å²) in [6, 6.07) is 10.1. The highest BCUT2D eigenvalue weighted by Crippen LogP contribution is 2.46. The molecule has 0 unspecified atom stereocenters. The fraction of sp³-hybridized carbons (Fsp3) is 0.308. The summed E-state index contributed by atoms with van der Waals surface area (Å²) in [5.41, 5.74) is 8.00. The summed E-state index contributed by atoms with van der Waals surface area (Å²) >= 11 is 0. The van der Waals surface area contributed by atoms with Crippen molar-refractivity contribution in [2.75, 3.05) is 7.11 Å². The summed E-state index contributed by atoms with van der Waals surface area (Å²) in [7, 11) is 1.65. The van der Waals surface area contributed by atoms with Crippen LogP contribution in [0, 0.1) is 0 Å². The molecule has 1 aromatic heterocycles. The maximum atomic E-state index is 6.22. The second-order valence-corrected chi connectivity index (χ2v) is 4.39. The molecule has 82 valence electrons. The van der Waals surface area contributed by atoms with E-state index in [0.717, 1.165) is 29.3 Å². The van der Waals surface area contributed by atoms with Crippen molar-refractivity contribution >= 4 is 10.9 Å². The lowest BCUT2D eigenvalue weighted by Crippen LogP contribution is -2.20. The van der Waals surface area contributed by atoms with E-state index in [1.54, 1.807) is 7.11 Å². The van der Waals surface area contributed by atoms with Gasteiger partial charge in [0.2, 0.25) is 5.88 Å². The molecule has 0 aliphatic heterocycles. The molecular formula is C13H14N2O. The van der Waals surface area contributed by atoms with Crippen molar-refractivity contribution in [3.8, 4) is 5.88 Å². The Kier molecular flexibility index (Phi) is 1.91. The zero-order valence-electron chi connectivity index (χ0n) is 9.23. The molecule has 1 aromatic carbocycles. The first kappa shape index (κ1) is 9.60. The molecule has 2 N–H and O–H groups in total. The predicted molar refractivity (Wildman–Crippen MR) is 63.4 cm³/mol. The van der Waals surface area contributed by atoms with Crippen molar-refractivity contribution < 1.29 is 4.74 Å². The lowest BCUT2D eigenvalue weighted by molar-refractivity contribution is 0.389. The summed E-state index contributed by atoms with van der Waals surface area (Å²) in [5.74, 6) is 0.665. The number of fused-ring (bicyclic) bond motifs is 1. The molecule has 0 radical (unpaired) electrons. The molecule has 0 spiro atoms. The van der Waals surface area contributed by atoms with E-state index in [9.17, 15) is 0 Å². The molecule has 0 bridgehead atoms. The number of hydrogen-bond donors (Lipinski definition) is 1. The fourth-order valence-corrected chi connectivity index (χ4v) is 2.01. The van der Waals surface area contributed by atoms with E-state index in [4.69, 9.17) is 10.5 Å². The van der Waals surface area contributed by atoms with Crippen LogP contribution in [0.25, 0.3) is 10.9 Å². The van der Waals surface area contributed by atoms with Gasteiger partial charge in [-0.3, -0.25) is 0 Å².